The molecule has 1 amide bonds. The molecule has 2 fully saturated rings. The number of carbonyl (C=O) groups excluding carboxylic acids is 1. The number of carbonyl (C=O) groups is 1. The zero-order valence-corrected chi connectivity index (χ0v) is 15.6. The molecule has 0 aliphatic carbocycles. The molecule has 1 unspecified atom stereocenters. The normalized spacial score (nSPS) is 22.3. The van der Waals surface area contributed by atoms with Crippen molar-refractivity contribution in [2.75, 3.05) is 45.9 Å². The first kappa shape index (κ1) is 19.0. The summed E-state index contributed by atoms with van der Waals surface area (Å²) < 4.78 is 5.53. The molecule has 0 saturated carbocycles. The molecular formula is C18H34N4O2. The van der Waals surface area contributed by atoms with E-state index in [2.05, 4.69) is 31.0 Å². The Bertz CT molecular complexity index is 409. The summed E-state index contributed by atoms with van der Waals surface area (Å²) in [5.74, 6) is 1.82. The van der Waals surface area contributed by atoms with Gasteiger partial charge < -0.3 is 19.9 Å². The minimum Gasteiger partial charge on any atom is -0.368 e. The number of hydrogen-bond acceptors (Lipinski definition) is 3. The van der Waals surface area contributed by atoms with Crippen LogP contribution in [0.4, 0.5) is 0 Å². The van der Waals surface area contributed by atoms with Crippen LogP contribution < -0.4 is 5.32 Å². The van der Waals surface area contributed by atoms with E-state index in [1.807, 2.05) is 4.90 Å². The molecule has 1 N–H and O–H groups in total. The Morgan fingerprint density at radius 2 is 1.83 bits per heavy atom. The molecule has 138 valence electrons. The quantitative estimate of drug-likeness (QED) is 0.592. The van der Waals surface area contributed by atoms with E-state index in [0.29, 0.717) is 5.92 Å². The Balaban J connectivity index is 1.87. The minimum atomic E-state index is -0.201. The van der Waals surface area contributed by atoms with Crippen molar-refractivity contribution in [3.63, 3.8) is 0 Å². The molecule has 0 bridgehead atoms. The van der Waals surface area contributed by atoms with Gasteiger partial charge in [0.25, 0.3) is 5.91 Å². The predicted octanol–water partition coefficient (Wildman–Crippen LogP) is 1.71. The zero-order chi connectivity index (χ0) is 17.4. The van der Waals surface area contributed by atoms with Crippen LogP contribution in [0, 0.1) is 5.92 Å². The van der Waals surface area contributed by atoms with Gasteiger partial charge in [0.05, 0.1) is 0 Å². The molecule has 24 heavy (non-hydrogen) atoms. The van der Waals surface area contributed by atoms with Crippen LogP contribution >= 0.6 is 0 Å². The van der Waals surface area contributed by atoms with E-state index in [4.69, 9.17) is 9.73 Å². The summed E-state index contributed by atoms with van der Waals surface area (Å²) in [5.41, 5.74) is 0. The summed E-state index contributed by atoms with van der Waals surface area (Å²) in [6.07, 6.45) is 4.02. The van der Waals surface area contributed by atoms with Gasteiger partial charge in [0.1, 0.15) is 6.10 Å². The van der Waals surface area contributed by atoms with Gasteiger partial charge >= 0.3 is 0 Å². The molecule has 2 heterocycles. The molecule has 2 rings (SSSR count). The molecule has 2 saturated heterocycles. The van der Waals surface area contributed by atoms with E-state index in [1.54, 1.807) is 0 Å². The van der Waals surface area contributed by atoms with Crippen LogP contribution in [0.3, 0.4) is 0 Å². The number of aliphatic imine (C=N–C) groups is 1. The summed E-state index contributed by atoms with van der Waals surface area (Å²) in [6, 6.07) is 0. The Morgan fingerprint density at radius 1 is 1.17 bits per heavy atom. The van der Waals surface area contributed by atoms with E-state index in [-0.39, 0.29) is 12.0 Å². The van der Waals surface area contributed by atoms with Crippen molar-refractivity contribution >= 4 is 11.9 Å². The Morgan fingerprint density at radius 3 is 2.38 bits per heavy atom. The van der Waals surface area contributed by atoms with Crippen molar-refractivity contribution in [3.8, 4) is 0 Å². The van der Waals surface area contributed by atoms with Crippen molar-refractivity contribution < 1.29 is 9.53 Å². The lowest BCUT2D eigenvalue weighted by molar-refractivity contribution is -0.142. The largest absolute Gasteiger partial charge is 0.368 e. The van der Waals surface area contributed by atoms with Crippen LogP contribution in [0.15, 0.2) is 4.99 Å². The molecule has 2 aliphatic rings. The van der Waals surface area contributed by atoms with Gasteiger partial charge in [0, 0.05) is 45.9 Å². The topological polar surface area (TPSA) is 57.2 Å². The Kier molecular flexibility index (Phi) is 7.82. The average molecular weight is 338 g/mol. The maximum absolute atomic E-state index is 12.4. The van der Waals surface area contributed by atoms with Crippen molar-refractivity contribution in [2.24, 2.45) is 10.9 Å². The molecule has 6 nitrogen and oxygen atoms in total. The fraction of sp³-hybridized carbons (Fsp3) is 0.889. The second-order valence-electron chi connectivity index (χ2n) is 6.69. The molecule has 6 heteroatoms. The highest BCUT2D eigenvalue weighted by molar-refractivity contribution is 5.82. The Labute approximate surface area is 146 Å². The van der Waals surface area contributed by atoms with E-state index in [0.717, 1.165) is 64.7 Å². The average Bonchev–Trinajstić information content (AvgIpc) is 3.16. The first-order chi connectivity index (χ1) is 11.7. The third-order valence-electron chi connectivity index (χ3n) is 5.08. The van der Waals surface area contributed by atoms with Gasteiger partial charge in [-0.2, -0.15) is 0 Å². The van der Waals surface area contributed by atoms with E-state index >= 15 is 0 Å². The lowest BCUT2D eigenvalue weighted by Crippen LogP contribution is -2.55. The lowest BCUT2D eigenvalue weighted by Gasteiger charge is -2.37. The molecular weight excluding hydrogens is 304 g/mol. The summed E-state index contributed by atoms with van der Waals surface area (Å²) in [7, 11) is 0. The van der Waals surface area contributed by atoms with Crippen LogP contribution in [-0.4, -0.2) is 73.6 Å². The molecule has 1 atom stereocenters. The number of nitrogens with zero attached hydrogens (tertiary/aromatic N) is 3. The van der Waals surface area contributed by atoms with Gasteiger partial charge in [-0.1, -0.05) is 26.7 Å². The minimum absolute atomic E-state index is 0.172. The third kappa shape index (κ3) is 5.10. The van der Waals surface area contributed by atoms with Crippen LogP contribution in [0.5, 0.6) is 0 Å². The molecule has 2 aliphatic heterocycles. The van der Waals surface area contributed by atoms with Crippen LogP contribution in [0.1, 0.15) is 46.5 Å². The fourth-order valence-electron chi connectivity index (χ4n) is 3.30. The summed E-state index contributed by atoms with van der Waals surface area (Å²) >= 11 is 0. The maximum atomic E-state index is 12.4. The first-order valence-electron chi connectivity index (χ1n) is 9.63. The molecule has 0 radical (unpaired) electrons. The van der Waals surface area contributed by atoms with Crippen molar-refractivity contribution in [2.45, 2.75) is 52.6 Å². The number of ether oxygens (including phenoxy) is 1. The van der Waals surface area contributed by atoms with E-state index in [1.165, 1.54) is 12.8 Å². The summed E-state index contributed by atoms with van der Waals surface area (Å²) in [6.45, 7) is 12.2. The Hall–Kier alpha value is -1.30. The van der Waals surface area contributed by atoms with E-state index in [9.17, 15) is 4.79 Å². The predicted molar refractivity (Wildman–Crippen MR) is 97.2 cm³/mol. The number of hydrogen-bond donors (Lipinski definition) is 1. The number of amides is 1. The SMILES string of the molecule is CCNC(=NCC(CC)CC)N1CCN(C(=O)C2CCCO2)CC1. The fourth-order valence-corrected chi connectivity index (χ4v) is 3.30. The van der Waals surface area contributed by atoms with Gasteiger partial charge in [-0.3, -0.25) is 9.79 Å². The maximum Gasteiger partial charge on any atom is 0.251 e. The third-order valence-corrected chi connectivity index (χ3v) is 5.08. The number of nitrogens with one attached hydrogen (secondary N) is 1. The summed E-state index contributed by atoms with van der Waals surface area (Å²) in [5, 5.41) is 3.40. The second-order valence-corrected chi connectivity index (χ2v) is 6.69. The van der Waals surface area contributed by atoms with E-state index < -0.39 is 0 Å². The number of piperazine rings is 1. The highest BCUT2D eigenvalue weighted by Gasteiger charge is 2.30. The van der Waals surface area contributed by atoms with Crippen LogP contribution in [0.25, 0.3) is 0 Å². The lowest BCUT2D eigenvalue weighted by atomic mass is 10.0. The van der Waals surface area contributed by atoms with Gasteiger partial charge in [0.2, 0.25) is 0 Å². The standard InChI is InChI=1S/C18H34N4O2/c1-4-15(5-2)14-20-18(19-6-3)22-11-9-21(10-12-22)17(23)16-8-7-13-24-16/h15-16H,4-14H2,1-3H3,(H,19,20). The van der Waals surface area contributed by atoms with Crippen molar-refractivity contribution in [1.29, 1.82) is 0 Å². The zero-order valence-electron chi connectivity index (χ0n) is 15.6. The highest BCUT2D eigenvalue weighted by atomic mass is 16.5. The van der Waals surface area contributed by atoms with Crippen LogP contribution in [-0.2, 0) is 9.53 Å². The molecule has 0 aromatic rings. The number of guanidine groups is 1. The van der Waals surface area contributed by atoms with Crippen molar-refractivity contribution in [3.05, 3.63) is 0 Å². The second kappa shape index (κ2) is 9.87. The smallest absolute Gasteiger partial charge is 0.251 e. The van der Waals surface area contributed by atoms with Gasteiger partial charge in [-0.15, -0.1) is 0 Å². The van der Waals surface area contributed by atoms with Gasteiger partial charge in [0.15, 0.2) is 5.96 Å². The van der Waals surface area contributed by atoms with Crippen molar-refractivity contribution in [1.82, 2.24) is 15.1 Å². The first-order valence-corrected chi connectivity index (χ1v) is 9.63. The summed E-state index contributed by atoms with van der Waals surface area (Å²) in [4.78, 5) is 21.5. The van der Waals surface area contributed by atoms with Gasteiger partial charge in [-0.05, 0) is 25.7 Å². The monoisotopic (exact) mass is 338 g/mol. The molecule has 0 spiro atoms. The highest BCUT2D eigenvalue weighted by Crippen LogP contribution is 2.16. The molecule has 0 aromatic heterocycles. The molecule has 0 aromatic carbocycles. The van der Waals surface area contributed by atoms with Gasteiger partial charge in [-0.25, -0.2) is 0 Å². The number of rotatable bonds is 6. The van der Waals surface area contributed by atoms with Crippen LogP contribution in [0.2, 0.25) is 0 Å².